The van der Waals surface area contributed by atoms with Crippen LogP contribution >= 0.6 is 11.6 Å². The largest absolute Gasteiger partial charge is 0.468 e. The summed E-state index contributed by atoms with van der Waals surface area (Å²) in [5.74, 6) is -2.02. The summed E-state index contributed by atoms with van der Waals surface area (Å²) < 4.78 is 4.69. The summed E-state index contributed by atoms with van der Waals surface area (Å²) in [5.41, 5.74) is -0.0483. The number of imide groups is 1. The van der Waals surface area contributed by atoms with Crippen LogP contribution in [0.4, 0.5) is 5.69 Å². The lowest BCUT2D eigenvalue weighted by Gasteiger charge is -2.26. The lowest BCUT2D eigenvalue weighted by atomic mass is 10.1. The predicted octanol–water partition coefficient (Wildman–Crippen LogP) is 2.48. The van der Waals surface area contributed by atoms with E-state index in [2.05, 4.69) is 4.74 Å². The molecule has 150 valence electrons. The first-order valence-electron chi connectivity index (χ1n) is 8.49. The van der Waals surface area contributed by atoms with Crippen molar-refractivity contribution in [3.05, 3.63) is 74.3 Å². The number of nitro groups is 1. The number of nitro benzene ring substituents is 1. The number of benzene rings is 2. The zero-order valence-corrected chi connectivity index (χ0v) is 16.1. The Kier molecular flexibility index (Phi) is 5.90. The van der Waals surface area contributed by atoms with Gasteiger partial charge < -0.3 is 4.74 Å². The molecule has 2 aromatic carbocycles. The first kappa shape index (κ1) is 20.4. The summed E-state index contributed by atoms with van der Waals surface area (Å²) in [5, 5.41) is 11.7. The van der Waals surface area contributed by atoms with Crippen molar-refractivity contribution in [2.75, 3.05) is 20.3 Å². The van der Waals surface area contributed by atoms with Gasteiger partial charge in [0.25, 0.3) is 17.5 Å². The molecule has 0 radical (unpaired) electrons. The number of carbonyl (C=O) groups excluding carboxylic acids is 3. The van der Waals surface area contributed by atoms with Crippen LogP contribution in [-0.4, -0.2) is 52.8 Å². The van der Waals surface area contributed by atoms with Crippen molar-refractivity contribution in [1.29, 1.82) is 0 Å². The van der Waals surface area contributed by atoms with Crippen LogP contribution in [0.1, 0.15) is 26.3 Å². The molecule has 29 heavy (non-hydrogen) atoms. The van der Waals surface area contributed by atoms with Crippen LogP contribution in [-0.2, 0) is 16.1 Å². The molecule has 0 unspecified atom stereocenters. The molecule has 10 heteroatoms. The quantitative estimate of drug-likeness (QED) is 0.294. The number of esters is 1. The van der Waals surface area contributed by atoms with E-state index in [1.807, 2.05) is 0 Å². The van der Waals surface area contributed by atoms with Crippen molar-refractivity contribution >= 4 is 35.1 Å². The van der Waals surface area contributed by atoms with Crippen molar-refractivity contribution in [3.8, 4) is 0 Å². The van der Waals surface area contributed by atoms with Gasteiger partial charge in [0.05, 0.1) is 30.8 Å². The number of ether oxygens (including phenoxy) is 1. The van der Waals surface area contributed by atoms with E-state index in [1.165, 1.54) is 30.2 Å². The van der Waals surface area contributed by atoms with Gasteiger partial charge in [-0.25, -0.2) is 0 Å². The van der Waals surface area contributed by atoms with Gasteiger partial charge in [-0.05, 0) is 17.7 Å². The lowest BCUT2D eigenvalue weighted by Crippen LogP contribution is -2.43. The van der Waals surface area contributed by atoms with E-state index in [0.717, 1.165) is 4.90 Å². The molecule has 0 saturated carbocycles. The third-order valence-electron chi connectivity index (χ3n) is 4.45. The Morgan fingerprint density at radius 2 is 1.90 bits per heavy atom. The number of methoxy groups -OCH3 is 1. The highest BCUT2D eigenvalue weighted by Gasteiger charge is 2.41. The average molecular weight is 418 g/mol. The highest BCUT2D eigenvalue weighted by Crippen LogP contribution is 2.31. The maximum Gasteiger partial charge on any atom is 0.319 e. The molecule has 0 bridgehead atoms. The van der Waals surface area contributed by atoms with Crippen molar-refractivity contribution in [3.63, 3.8) is 0 Å². The average Bonchev–Trinajstić information content (AvgIpc) is 2.94. The molecule has 1 aliphatic heterocycles. The number of halogens is 1. The summed E-state index contributed by atoms with van der Waals surface area (Å²) in [7, 11) is 1.22. The summed E-state index contributed by atoms with van der Waals surface area (Å²) in [6, 6.07) is 10.8. The first-order valence-corrected chi connectivity index (χ1v) is 8.87. The Hall–Kier alpha value is -3.30. The fourth-order valence-corrected chi connectivity index (χ4v) is 3.26. The third-order valence-corrected chi connectivity index (χ3v) is 4.82. The Morgan fingerprint density at radius 3 is 2.55 bits per heavy atom. The number of amides is 2. The zero-order valence-electron chi connectivity index (χ0n) is 15.3. The summed E-state index contributed by atoms with van der Waals surface area (Å²) in [6.45, 7) is -0.314. The zero-order chi connectivity index (χ0) is 21.1. The molecule has 2 aromatic rings. The van der Waals surface area contributed by atoms with Crippen LogP contribution in [0.2, 0.25) is 5.02 Å². The Morgan fingerprint density at radius 1 is 1.17 bits per heavy atom. The van der Waals surface area contributed by atoms with E-state index in [9.17, 15) is 24.5 Å². The fourth-order valence-electron chi connectivity index (χ4n) is 3.07. The van der Waals surface area contributed by atoms with Crippen LogP contribution in [0.3, 0.4) is 0 Å². The van der Waals surface area contributed by atoms with Gasteiger partial charge in [0.2, 0.25) is 0 Å². The molecule has 0 atom stereocenters. The number of fused-ring (bicyclic) bond motifs is 1. The van der Waals surface area contributed by atoms with E-state index in [-0.39, 0.29) is 30.9 Å². The molecule has 0 N–H and O–H groups in total. The predicted molar refractivity (Wildman–Crippen MR) is 102 cm³/mol. The standard InChI is InChI=1S/C19H16ClN3O6/c1-29-16(24)10-21(9-12-5-2-3-7-14(12)20)11-22-18(25)13-6-4-8-15(23(27)28)17(13)19(22)26/h2-8H,9-11H2,1H3. The van der Waals surface area contributed by atoms with Crippen molar-refractivity contribution in [2.45, 2.75) is 6.54 Å². The minimum Gasteiger partial charge on any atom is -0.468 e. The number of hydrogen-bond acceptors (Lipinski definition) is 7. The number of carbonyl (C=O) groups is 3. The van der Waals surface area contributed by atoms with Gasteiger partial charge in [0, 0.05) is 17.6 Å². The van der Waals surface area contributed by atoms with Gasteiger partial charge in [0.15, 0.2) is 0 Å². The van der Waals surface area contributed by atoms with Gasteiger partial charge in [-0.2, -0.15) is 0 Å². The molecule has 0 saturated heterocycles. The SMILES string of the molecule is COC(=O)CN(Cc1ccccc1Cl)CN1C(=O)c2cccc([N+](=O)[O-])c2C1=O. The second kappa shape index (κ2) is 8.38. The topological polar surface area (TPSA) is 110 Å². The van der Waals surface area contributed by atoms with E-state index in [1.54, 1.807) is 24.3 Å². The fraction of sp³-hybridized carbons (Fsp3) is 0.211. The Balaban J connectivity index is 1.89. The Labute approximate surface area is 170 Å². The maximum absolute atomic E-state index is 12.8. The number of rotatable bonds is 7. The molecule has 3 rings (SSSR count). The second-order valence-corrected chi connectivity index (χ2v) is 6.70. The van der Waals surface area contributed by atoms with Gasteiger partial charge >= 0.3 is 5.97 Å². The molecule has 0 aliphatic carbocycles. The monoisotopic (exact) mass is 417 g/mol. The van der Waals surface area contributed by atoms with E-state index in [0.29, 0.717) is 10.6 Å². The van der Waals surface area contributed by atoms with Crippen LogP contribution < -0.4 is 0 Å². The van der Waals surface area contributed by atoms with Crippen LogP contribution in [0.15, 0.2) is 42.5 Å². The summed E-state index contributed by atoms with van der Waals surface area (Å²) in [6.07, 6.45) is 0. The van der Waals surface area contributed by atoms with Gasteiger partial charge in [0.1, 0.15) is 5.56 Å². The first-order chi connectivity index (χ1) is 13.8. The van der Waals surface area contributed by atoms with Crippen LogP contribution in [0.25, 0.3) is 0 Å². The Bertz CT molecular complexity index is 1010. The molecular formula is C19H16ClN3O6. The number of nitrogens with zero attached hydrogens (tertiary/aromatic N) is 3. The van der Waals surface area contributed by atoms with E-state index in [4.69, 9.17) is 11.6 Å². The second-order valence-electron chi connectivity index (χ2n) is 6.29. The van der Waals surface area contributed by atoms with Crippen LogP contribution in [0.5, 0.6) is 0 Å². The maximum atomic E-state index is 12.8. The molecule has 0 spiro atoms. The molecular weight excluding hydrogens is 402 g/mol. The molecule has 1 aliphatic rings. The lowest BCUT2D eigenvalue weighted by molar-refractivity contribution is -0.385. The van der Waals surface area contributed by atoms with E-state index < -0.39 is 28.4 Å². The van der Waals surface area contributed by atoms with Gasteiger partial charge in [-0.3, -0.25) is 34.3 Å². The minimum absolute atomic E-state index is 0.0417. The van der Waals surface area contributed by atoms with E-state index >= 15 is 0 Å². The highest BCUT2D eigenvalue weighted by molar-refractivity contribution is 6.31. The van der Waals surface area contributed by atoms with Crippen molar-refractivity contribution in [2.24, 2.45) is 0 Å². The molecule has 0 fully saturated rings. The van der Waals surface area contributed by atoms with Crippen LogP contribution in [0, 0.1) is 10.1 Å². The van der Waals surface area contributed by atoms with Crippen molar-refractivity contribution in [1.82, 2.24) is 9.80 Å². The third kappa shape index (κ3) is 4.10. The summed E-state index contributed by atoms with van der Waals surface area (Å²) >= 11 is 6.18. The molecule has 0 aromatic heterocycles. The number of hydrogen-bond donors (Lipinski definition) is 0. The summed E-state index contributed by atoms with van der Waals surface area (Å²) in [4.78, 5) is 50.2. The van der Waals surface area contributed by atoms with Crippen molar-refractivity contribution < 1.29 is 24.0 Å². The molecule has 9 nitrogen and oxygen atoms in total. The van der Waals surface area contributed by atoms with Gasteiger partial charge in [-0.15, -0.1) is 0 Å². The minimum atomic E-state index is -0.786. The smallest absolute Gasteiger partial charge is 0.319 e. The molecule has 2 amide bonds. The van der Waals surface area contributed by atoms with Gasteiger partial charge in [-0.1, -0.05) is 35.9 Å². The normalized spacial score (nSPS) is 13.0. The highest BCUT2D eigenvalue weighted by atomic mass is 35.5. The molecule has 1 heterocycles.